The molecule has 2 aromatic rings. The van der Waals surface area contributed by atoms with Crippen LogP contribution >= 0.6 is 0 Å². The van der Waals surface area contributed by atoms with Gasteiger partial charge in [0.1, 0.15) is 18.0 Å². The topological polar surface area (TPSA) is 76.0 Å². The van der Waals surface area contributed by atoms with Gasteiger partial charge in [0.25, 0.3) is 0 Å². The molecule has 1 aromatic heterocycles. The van der Waals surface area contributed by atoms with Crippen LogP contribution in [0, 0.1) is 0 Å². The number of methoxy groups -OCH3 is 2. The highest BCUT2D eigenvalue weighted by Crippen LogP contribution is 2.30. The maximum Gasteiger partial charge on any atom is 0.322 e. The number of carbonyl (C=O) groups excluding carboxylic acids is 2. The molecule has 0 radical (unpaired) electrons. The normalized spacial score (nSPS) is 16.1. The summed E-state index contributed by atoms with van der Waals surface area (Å²) in [7, 11) is 5.15. The molecule has 8 heteroatoms. The van der Waals surface area contributed by atoms with E-state index in [1.807, 2.05) is 34.8 Å². The zero-order valence-electron chi connectivity index (χ0n) is 20.5. The number of hydrogen-bond donors (Lipinski definition) is 1. The fraction of sp³-hybridized carbons (Fsp3) is 0.538. The monoisotopic (exact) mass is 468 g/mol. The Bertz CT molecular complexity index is 972. The van der Waals surface area contributed by atoms with E-state index in [-0.39, 0.29) is 30.6 Å². The van der Waals surface area contributed by atoms with Crippen LogP contribution in [0.5, 0.6) is 11.5 Å². The van der Waals surface area contributed by atoms with Crippen molar-refractivity contribution in [2.24, 2.45) is 7.05 Å². The maximum atomic E-state index is 13.5. The van der Waals surface area contributed by atoms with Gasteiger partial charge in [-0.15, -0.1) is 0 Å². The minimum absolute atomic E-state index is 0.00708. The molecule has 0 aliphatic heterocycles. The maximum absolute atomic E-state index is 13.5. The number of aryl methyl sites for hydroxylation is 1. The highest BCUT2D eigenvalue weighted by molar-refractivity contribution is 5.93. The van der Waals surface area contributed by atoms with Gasteiger partial charge in [-0.05, 0) is 37.8 Å². The van der Waals surface area contributed by atoms with Gasteiger partial charge in [-0.25, -0.2) is 4.79 Å². The van der Waals surface area contributed by atoms with Crippen molar-refractivity contribution >= 4 is 17.6 Å². The van der Waals surface area contributed by atoms with E-state index in [4.69, 9.17) is 9.47 Å². The molecule has 0 spiro atoms. The Morgan fingerprint density at radius 2 is 1.62 bits per heavy atom. The molecule has 4 rings (SSSR count). The summed E-state index contributed by atoms with van der Waals surface area (Å²) in [5.74, 6) is 1.20. The van der Waals surface area contributed by atoms with Crippen LogP contribution < -0.4 is 14.8 Å². The number of carbonyl (C=O) groups is 2. The molecule has 3 amide bonds. The average molecular weight is 469 g/mol. The van der Waals surface area contributed by atoms with E-state index in [1.165, 1.54) is 6.42 Å². The summed E-state index contributed by atoms with van der Waals surface area (Å²) in [6, 6.07) is 9.38. The molecular formula is C26H36N4O4. The van der Waals surface area contributed by atoms with Crippen molar-refractivity contribution < 1.29 is 19.1 Å². The predicted octanol–water partition coefficient (Wildman–Crippen LogP) is 4.40. The fourth-order valence-electron chi connectivity index (χ4n) is 4.71. The van der Waals surface area contributed by atoms with Crippen LogP contribution in [0.3, 0.4) is 0 Å². The second-order valence-electron chi connectivity index (χ2n) is 9.31. The molecule has 2 fully saturated rings. The van der Waals surface area contributed by atoms with Gasteiger partial charge in [0.15, 0.2) is 0 Å². The number of benzene rings is 1. The van der Waals surface area contributed by atoms with Crippen molar-refractivity contribution in [3.63, 3.8) is 0 Å². The predicted molar refractivity (Wildman–Crippen MR) is 131 cm³/mol. The van der Waals surface area contributed by atoms with E-state index in [0.717, 1.165) is 44.2 Å². The SMILES string of the molecule is COc1cc(NC(=O)N(CC(=O)N(Cc2cccn2C)C2CC2)C2CCCCC2)cc(OC)c1. The van der Waals surface area contributed by atoms with Gasteiger partial charge in [-0.3, -0.25) is 4.79 Å². The Kier molecular flexibility index (Phi) is 7.65. The van der Waals surface area contributed by atoms with Crippen molar-refractivity contribution in [3.05, 3.63) is 42.2 Å². The highest BCUT2D eigenvalue weighted by atomic mass is 16.5. The number of amides is 3. The van der Waals surface area contributed by atoms with Crippen molar-refractivity contribution in [1.29, 1.82) is 0 Å². The lowest BCUT2D eigenvalue weighted by Gasteiger charge is -2.35. The molecule has 1 N–H and O–H groups in total. The second-order valence-corrected chi connectivity index (χ2v) is 9.31. The summed E-state index contributed by atoms with van der Waals surface area (Å²) in [6.45, 7) is 0.652. The van der Waals surface area contributed by atoms with Crippen molar-refractivity contribution in [2.45, 2.75) is 63.6 Å². The Labute approximate surface area is 201 Å². The first-order chi connectivity index (χ1) is 16.5. The van der Waals surface area contributed by atoms with Gasteiger partial charge < -0.3 is 29.2 Å². The number of anilines is 1. The Hall–Kier alpha value is -3.16. The Balaban J connectivity index is 1.51. The van der Waals surface area contributed by atoms with E-state index in [2.05, 4.69) is 5.32 Å². The number of urea groups is 1. The molecule has 1 heterocycles. The van der Waals surface area contributed by atoms with Crippen molar-refractivity contribution in [2.75, 3.05) is 26.1 Å². The molecular weight excluding hydrogens is 432 g/mol. The second kappa shape index (κ2) is 10.8. The third-order valence-electron chi connectivity index (χ3n) is 6.88. The van der Waals surface area contributed by atoms with Crippen LogP contribution in [-0.4, -0.2) is 59.2 Å². The van der Waals surface area contributed by atoms with E-state index >= 15 is 0 Å². The van der Waals surface area contributed by atoms with Gasteiger partial charge >= 0.3 is 6.03 Å². The smallest absolute Gasteiger partial charge is 0.322 e. The lowest BCUT2D eigenvalue weighted by Crippen LogP contribution is -2.50. The number of aromatic nitrogens is 1. The van der Waals surface area contributed by atoms with E-state index in [0.29, 0.717) is 23.7 Å². The first kappa shape index (κ1) is 24.0. The van der Waals surface area contributed by atoms with Crippen LogP contribution in [0.4, 0.5) is 10.5 Å². The Morgan fingerprint density at radius 1 is 0.971 bits per heavy atom. The molecule has 34 heavy (non-hydrogen) atoms. The molecule has 0 atom stereocenters. The van der Waals surface area contributed by atoms with Gasteiger partial charge in [0.05, 0.1) is 20.8 Å². The molecule has 0 unspecified atom stereocenters. The number of ether oxygens (including phenoxy) is 2. The Morgan fingerprint density at radius 3 is 2.18 bits per heavy atom. The molecule has 8 nitrogen and oxygen atoms in total. The van der Waals surface area contributed by atoms with Crippen LogP contribution in [0.2, 0.25) is 0 Å². The van der Waals surface area contributed by atoms with Gasteiger partial charge in [-0.2, -0.15) is 0 Å². The minimum Gasteiger partial charge on any atom is -0.497 e. The molecule has 184 valence electrons. The quantitative estimate of drug-likeness (QED) is 0.592. The minimum atomic E-state index is -0.259. The standard InChI is InChI=1S/C26H36N4O4/c1-28-13-7-10-22(28)17-29(21-11-12-21)25(31)18-30(20-8-5-4-6-9-20)26(32)27-19-14-23(33-2)16-24(15-19)34-3/h7,10,13-16,20-21H,4-6,8-9,11-12,17-18H2,1-3H3,(H,27,32). The van der Waals surface area contributed by atoms with Gasteiger partial charge in [0.2, 0.25) is 5.91 Å². The first-order valence-corrected chi connectivity index (χ1v) is 12.2. The summed E-state index contributed by atoms with van der Waals surface area (Å²) < 4.78 is 12.7. The van der Waals surface area contributed by atoms with Crippen LogP contribution in [0.1, 0.15) is 50.6 Å². The van der Waals surface area contributed by atoms with Gasteiger partial charge in [-0.1, -0.05) is 19.3 Å². The number of hydrogen-bond acceptors (Lipinski definition) is 4. The van der Waals surface area contributed by atoms with Crippen molar-refractivity contribution in [3.8, 4) is 11.5 Å². The summed E-state index contributed by atoms with van der Waals surface area (Å²) in [5.41, 5.74) is 1.68. The zero-order chi connectivity index (χ0) is 24.1. The average Bonchev–Trinajstić information content (AvgIpc) is 3.62. The summed E-state index contributed by atoms with van der Waals surface area (Å²) in [5, 5.41) is 2.98. The molecule has 1 aromatic carbocycles. The summed E-state index contributed by atoms with van der Waals surface area (Å²) in [4.78, 5) is 30.7. The molecule has 2 saturated carbocycles. The van der Waals surface area contributed by atoms with E-state index < -0.39 is 0 Å². The zero-order valence-corrected chi connectivity index (χ0v) is 20.5. The van der Waals surface area contributed by atoms with Crippen LogP contribution in [0.15, 0.2) is 36.5 Å². The lowest BCUT2D eigenvalue weighted by molar-refractivity contribution is -0.133. The molecule has 2 aliphatic rings. The van der Waals surface area contributed by atoms with Crippen LogP contribution in [0.25, 0.3) is 0 Å². The molecule has 0 bridgehead atoms. The van der Waals surface area contributed by atoms with Crippen LogP contribution in [-0.2, 0) is 18.4 Å². The number of rotatable bonds is 9. The molecule has 2 aliphatic carbocycles. The third kappa shape index (κ3) is 5.85. The fourth-order valence-corrected chi connectivity index (χ4v) is 4.71. The first-order valence-electron chi connectivity index (χ1n) is 12.2. The lowest BCUT2D eigenvalue weighted by atomic mass is 9.94. The largest absolute Gasteiger partial charge is 0.497 e. The molecule has 0 saturated heterocycles. The van der Waals surface area contributed by atoms with E-state index in [1.54, 1.807) is 37.3 Å². The summed E-state index contributed by atoms with van der Waals surface area (Å²) >= 11 is 0. The number of nitrogens with zero attached hydrogens (tertiary/aromatic N) is 3. The third-order valence-corrected chi connectivity index (χ3v) is 6.88. The van der Waals surface area contributed by atoms with Gasteiger partial charge in [0, 0.05) is 54.9 Å². The number of nitrogens with one attached hydrogen (secondary N) is 1. The van der Waals surface area contributed by atoms with Crippen molar-refractivity contribution in [1.82, 2.24) is 14.4 Å². The highest BCUT2D eigenvalue weighted by Gasteiger charge is 2.36. The summed E-state index contributed by atoms with van der Waals surface area (Å²) in [6.07, 6.45) is 9.21. The van der Waals surface area contributed by atoms with E-state index in [9.17, 15) is 9.59 Å².